The van der Waals surface area contributed by atoms with Crippen molar-refractivity contribution in [1.29, 1.82) is 0 Å². The monoisotopic (exact) mass is 263 g/mol. The molecule has 0 amide bonds. The van der Waals surface area contributed by atoms with Crippen molar-refractivity contribution in [2.45, 2.75) is 27.3 Å². The van der Waals surface area contributed by atoms with Crippen LogP contribution in [-0.2, 0) is 6.54 Å². The minimum atomic E-state index is 0.275. The first-order valence-electron chi connectivity index (χ1n) is 5.94. The molecule has 0 unspecified atom stereocenters. The van der Waals surface area contributed by atoms with Crippen LogP contribution in [-0.4, -0.2) is 19.9 Å². The highest BCUT2D eigenvalue weighted by atomic mass is 32.1. The zero-order chi connectivity index (χ0) is 13.3. The number of hydrogen-bond acceptors (Lipinski definition) is 3. The minimum absolute atomic E-state index is 0.275. The zero-order valence-electron chi connectivity index (χ0n) is 10.8. The van der Waals surface area contributed by atoms with E-state index in [9.17, 15) is 5.11 Å². The van der Waals surface area contributed by atoms with E-state index in [-0.39, 0.29) is 5.75 Å². The number of benzene rings is 1. The van der Waals surface area contributed by atoms with Crippen molar-refractivity contribution in [3.05, 3.63) is 28.5 Å². The Hall–Kier alpha value is -1.62. The third-order valence-electron chi connectivity index (χ3n) is 2.77. The Morgan fingerprint density at radius 1 is 1.44 bits per heavy atom. The van der Waals surface area contributed by atoms with E-state index in [0.29, 0.717) is 10.7 Å². The molecular formula is C13H17N3OS. The second-order valence-corrected chi connectivity index (χ2v) is 5.24. The van der Waals surface area contributed by atoms with Crippen molar-refractivity contribution < 1.29 is 5.11 Å². The number of aromatic nitrogens is 3. The van der Waals surface area contributed by atoms with Gasteiger partial charge < -0.3 is 5.11 Å². The summed E-state index contributed by atoms with van der Waals surface area (Å²) in [5.41, 5.74) is 1.72. The Labute approximate surface area is 111 Å². The molecule has 2 aromatic rings. The van der Waals surface area contributed by atoms with Gasteiger partial charge in [-0.1, -0.05) is 26.0 Å². The zero-order valence-corrected chi connectivity index (χ0v) is 11.6. The molecule has 0 spiro atoms. The quantitative estimate of drug-likeness (QED) is 0.836. The largest absolute Gasteiger partial charge is 0.508 e. The second-order valence-electron chi connectivity index (χ2n) is 4.86. The molecule has 0 saturated heterocycles. The maximum Gasteiger partial charge on any atom is 0.195 e. The number of nitrogens with one attached hydrogen (secondary N) is 1. The van der Waals surface area contributed by atoms with Crippen LogP contribution < -0.4 is 0 Å². The molecule has 4 nitrogen and oxygen atoms in total. The van der Waals surface area contributed by atoms with Gasteiger partial charge in [0.15, 0.2) is 10.6 Å². The van der Waals surface area contributed by atoms with Crippen molar-refractivity contribution in [2.24, 2.45) is 5.92 Å². The number of rotatable bonds is 3. The van der Waals surface area contributed by atoms with Gasteiger partial charge in [0, 0.05) is 12.1 Å². The summed E-state index contributed by atoms with van der Waals surface area (Å²) in [4.78, 5) is 0. The Bertz CT molecular complexity index is 613. The Morgan fingerprint density at radius 3 is 2.78 bits per heavy atom. The summed E-state index contributed by atoms with van der Waals surface area (Å²) in [5.74, 6) is 1.52. The van der Waals surface area contributed by atoms with Gasteiger partial charge in [-0.2, -0.15) is 5.10 Å². The molecule has 96 valence electrons. The molecule has 0 aliphatic carbocycles. The summed E-state index contributed by atoms with van der Waals surface area (Å²) in [7, 11) is 0. The van der Waals surface area contributed by atoms with Gasteiger partial charge in [0.25, 0.3) is 0 Å². The van der Waals surface area contributed by atoms with Gasteiger partial charge >= 0.3 is 0 Å². The molecule has 0 saturated carbocycles. The molecule has 2 rings (SSSR count). The normalized spacial score (nSPS) is 11.1. The van der Waals surface area contributed by atoms with E-state index < -0.39 is 0 Å². The van der Waals surface area contributed by atoms with Crippen molar-refractivity contribution in [1.82, 2.24) is 14.8 Å². The van der Waals surface area contributed by atoms with Crippen molar-refractivity contribution in [2.75, 3.05) is 0 Å². The van der Waals surface area contributed by atoms with E-state index >= 15 is 0 Å². The van der Waals surface area contributed by atoms with Gasteiger partial charge in [0.2, 0.25) is 0 Å². The number of aryl methyl sites for hydroxylation is 1. The maximum atomic E-state index is 9.77. The fraction of sp³-hybridized carbons (Fsp3) is 0.385. The molecule has 1 aromatic carbocycles. The van der Waals surface area contributed by atoms with Crippen LogP contribution in [0, 0.1) is 17.6 Å². The summed E-state index contributed by atoms with van der Waals surface area (Å²) in [6.45, 7) is 6.93. The maximum absolute atomic E-state index is 9.77. The first-order valence-corrected chi connectivity index (χ1v) is 6.35. The standard InChI is InChI=1S/C13H17N3OS/c1-8(2)7-16-12(14-15-13(16)18)10-5-4-9(3)11(17)6-10/h4-6,8,17H,7H2,1-3H3,(H,15,18). The minimum Gasteiger partial charge on any atom is -0.508 e. The second kappa shape index (κ2) is 4.94. The van der Waals surface area contributed by atoms with Gasteiger partial charge in [-0.3, -0.25) is 9.67 Å². The van der Waals surface area contributed by atoms with Crippen LogP contribution in [0.5, 0.6) is 5.75 Å². The smallest absolute Gasteiger partial charge is 0.195 e. The number of phenols is 1. The lowest BCUT2D eigenvalue weighted by Gasteiger charge is -2.10. The van der Waals surface area contributed by atoms with E-state index in [2.05, 4.69) is 24.0 Å². The number of H-pyrrole nitrogens is 1. The fourth-order valence-corrected chi connectivity index (χ4v) is 2.03. The predicted octanol–water partition coefficient (Wildman–Crippen LogP) is 3.28. The van der Waals surface area contributed by atoms with Gasteiger partial charge in [-0.05, 0) is 36.7 Å². The van der Waals surface area contributed by atoms with Crippen molar-refractivity contribution in [3.63, 3.8) is 0 Å². The van der Waals surface area contributed by atoms with Gasteiger partial charge in [0.05, 0.1) is 0 Å². The Kier molecular flexibility index (Phi) is 3.52. The summed E-state index contributed by atoms with van der Waals surface area (Å²) in [6.07, 6.45) is 0. The molecule has 1 aromatic heterocycles. The molecule has 0 atom stereocenters. The van der Waals surface area contributed by atoms with Crippen LogP contribution in [0.3, 0.4) is 0 Å². The van der Waals surface area contributed by atoms with Gasteiger partial charge in [-0.15, -0.1) is 0 Å². The molecule has 2 N–H and O–H groups in total. The SMILES string of the molecule is Cc1ccc(-c2n[nH]c(=S)n2CC(C)C)cc1O. The van der Waals surface area contributed by atoms with E-state index in [4.69, 9.17) is 12.2 Å². The van der Waals surface area contributed by atoms with Crippen LogP contribution in [0.25, 0.3) is 11.4 Å². The van der Waals surface area contributed by atoms with Crippen LogP contribution in [0.4, 0.5) is 0 Å². The molecule has 0 radical (unpaired) electrons. The molecular weight excluding hydrogens is 246 g/mol. The van der Waals surface area contributed by atoms with Crippen LogP contribution in [0.15, 0.2) is 18.2 Å². The Balaban J connectivity index is 2.50. The van der Waals surface area contributed by atoms with Gasteiger partial charge in [0.1, 0.15) is 5.75 Å². The van der Waals surface area contributed by atoms with Crippen molar-refractivity contribution in [3.8, 4) is 17.1 Å². The number of aromatic amines is 1. The van der Waals surface area contributed by atoms with Gasteiger partial charge in [-0.25, -0.2) is 0 Å². The molecule has 0 aliphatic rings. The highest BCUT2D eigenvalue weighted by Crippen LogP contribution is 2.25. The summed E-state index contributed by atoms with van der Waals surface area (Å²) >= 11 is 5.23. The van der Waals surface area contributed by atoms with E-state index in [1.54, 1.807) is 6.07 Å². The molecule has 5 heteroatoms. The highest BCUT2D eigenvalue weighted by molar-refractivity contribution is 7.71. The number of aromatic hydroxyl groups is 1. The summed E-state index contributed by atoms with van der Waals surface area (Å²) < 4.78 is 2.57. The third kappa shape index (κ3) is 2.46. The molecule has 0 bridgehead atoms. The molecule has 1 heterocycles. The highest BCUT2D eigenvalue weighted by Gasteiger charge is 2.11. The molecule has 0 aliphatic heterocycles. The van der Waals surface area contributed by atoms with E-state index in [1.165, 1.54) is 0 Å². The average molecular weight is 263 g/mol. The number of hydrogen-bond donors (Lipinski definition) is 2. The van der Waals surface area contributed by atoms with Crippen molar-refractivity contribution >= 4 is 12.2 Å². The molecule has 18 heavy (non-hydrogen) atoms. The first kappa shape index (κ1) is 12.8. The first-order chi connectivity index (χ1) is 8.49. The fourth-order valence-electron chi connectivity index (χ4n) is 1.82. The molecule has 0 fully saturated rings. The van der Waals surface area contributed by atoms with Crippen LogP contribution >= 0.6 is 12.2 Å². The number of phenolic OH excluding ortho intramolecular Hbond substituents is 1. The predicted molar refractivity (Wildman–Crippen MR) is 74.1 cm³/mol. The lowest BCUT2D eigenvalue weighted by molar-refractivity contribution is 0.471. The van der Waals surface area contributed by atoms with Crippen LogP contribution in [0.2, 0.25) is 0 Å². The lowest BCUT2D eigenvalue weighted by atomic mass is 10.1. The van der Waals surface area contributed by atoms with E-state index in [0.717, 1.165) is 23.5 Å². The van der Waals surface area contributed by atoms with E-state index in [1.807, 2.05) is 23.6 Å². The third-order valence-corrected chi connectivity index (χ3v) is 3.08. The summed E-state index contributed by atoms with van der Waals surface area (Å²) in [5, 5.41) is 16.8. The lowest BCUT2D eigenvalue weighted by Crippen LogP contribution is -2.06. The Morgan fingerprint density at radius 2 is 2.17 bits per heavy atom. The summed E-state index contributed by atoms with van der Waals surface area (Å²) in [6, 6.07) is 5.54. The average Bonchev–Trinajstić information content (AvgIpc) is 2.64. The topological polar surface area (TPSA) is 53.8 Å². The number of nitrogens with zero attached hydrogens (tertiary/aromatic N) is 2. The van der Waals surface area contributed by atoms with Crippen LogP contribution in [0.1, 0.15) is 19.4 Å².